The molecule has 0 saturated carbocycles. The van der Waals surface area contributed by atoms with Gasteiger partial charge in [-0.25, -0.2) is 0 Å². The summed E-state index contributed by atoms with van der Waals surface area (Å²) in [5.41, 5.74) is 2.20. The summed E-state index contributed by atoms with van der Waals surface area (Å²) in [6, 6.07) is 15.8. The molecule has 1 atom stereocenters. The summed E-state index contributed by atoms with van der Waals surface area (Å²) < 4.78 is 1.01. The molecule has 0 spiro atoms. The molecule has 0 aromatic heterocycles. The van der Waals surface area contributed by atoms with Crippen LogP contribution in [-0.2, 0) is 5.60 Å². The lowest BCUT2D eigenvalue weighted by molar-refractivity contribution is 0.0715. The SMILES string of the molecule is Cc1ccc(NCC(C)(O)c2ccccc2)c(Br)c1. The molecule has 0 aliphatic carbocycles. The fourth-order valence-corrected chi connectivity index (χ4v) is 2.56. The lowest BCUT2D eigenvalue weighted by Gasteiger charge is -2.25. The molecule has 2 rings (SSSR count). The Labute approximate surface area is 122 Å². The van der Waals surface area contributed by atoms with Crippen LogP contribution >= 0.6 is 15.9 Å². The number of nitrogens with one attached hydrogen (secondary N) is 1. The molecule has 1 unspecified atom stereocenters. The van der Waals surface area contributed by atoms with E-state index in [1.807, 2.05) is 49.4 Å². The molecular formula is C16H18BrNO. The lowest BCUT2D eigenvalue weighted by Crippen LogP contribution is -2.30. The topological polar surface area (TPSA) is 32.3 Å². The molecule has 0 heterocycles. The molecule has 3 heteroatoms. The molecule has 0 saturated heterocycles. The van der Waals surface area contributed by atoms with Gasteiger partial charge in [0.25, 0.3) is 0 Å². The normalized spacial score (nSPS) is 13.9. The van der Waals surface area contributed by atoms with Crippen molar-refractivity contribution in [1.82, 2.24) is 0 Å². The number of aryl methyl sites for hydroxylation is 1. The summed E-state index contributed by atoms with van der Waals surface area (Å²) in [6.45, 7) is 4.32. The van der Waals surface area contributed by atoms with Gasteiger partial charge in [-0.3, -0.25) is 0 Å². The molecule has 0 aliphatic rings. The number of halogens is 1. The van der Waals surface area contributed by atoms with Crippen molar-refractivity contribution in [3.05, 3.63) is 64.1 Å². The molecule has 0 aliphatic heterocycles. The Morgan fingerprint density at radius 1 is 1.16 bits per heavy atom. The lowest BCUT2D eigenvalue weighted by atomic mass is 9.96. The second-order valence-corrected chi connectivity index (χ2v) is 5.83. The standard InChI is InChI=1S/C16H18BrNO/c1-12-8-9-15(14(17)10-12)18-11-16(2,19)13-6-4-3-5-7-13/h3-10,18-19H,11H2,1-2H3. The van der Waals surface area contributed by atoms with Gasteiger partial charge in [0.2, 0.25) is 0 Å². The first-order valence-corrected chi connectivity index (χ1v) is 7.06. The molecule has 2 nitrogen and oxygen atoms in total. The van der Waals surface area contributed by atoms with E-state index in [0.717, 1.165) is 15.7 Å². The van der Waals surface area contributed by atoms with Crippen molar-refractivity contribution in [1.29, 1.82) is 0 Å². The van der Waals surface area contributed by atoms with Gasteiger partial charge in [0.05, 0.1) is 0 Å². The van der Waals surface area contributed by atoms with E-state index in [2.05, 4.69) is 34.2 Å². The summed E-state index contributed by atoms with van der Waals surface area (Å²) in [5.74, 6) is 0. The molecule has 0 amide bonds. The van der Waals surface area contributed by atoms with Crippen LogP contribution in [0.5, 0.6) is 0 Å². The summed E-state index contributed by atoms with van der Waals surface area (Å²) in [6.07, 6.45) is 0. The zero-order valence-corrected chi connectivity index (χ0v) is 12.7. The second kappa shape index (κ2) is 5.76. The van der Waals surface area contributed by atoms with Crippen LogP contribution in [0.4, 0.5) is 5.69 Å². The number of hydrogen-bond acceptors (Lipinski definition) is 2. The highest BCUT2D eigenvalue weighted by atomic mass is 79.9. The predicted molar refractivity (Wildman–Crippen MR) is 83.4 cm³/mol. The highest BCUT2D eigenvalue weighted by Crippen LogP contribution is 2.26. The zero-order valence-electron chi connectivity index (χ0n) is 11.2. The van der Waals surface area contributed by atoms with Crippen LogP contribution < -0.4 is 5.32 Å². The fraction of sp³-hybridized carbons (Fsp3) is 0.250. The quantitative estimate of drug-likeness (QED) is 0.890. The van der Waals surface area contributed by atoms with E-state index < -0.39 is 5.60 Å². The first kappa shape index (κ1) is 14.1. The number of rotatable bonds is 4. The van der Waals surface area contributed by atoms with E-state index in [4.69, 9.17) is 0 Å². The van der Waals surface area contributed by atoms with Gasteiger partial charge in [-0.1, -0.05) is 36.4 Å². The third kappa shape index (κ3) is 3.58. The average Bonchev–Trinajstić information content (AvgIpc) is 2.39. The second-order valence-electron chi connectivity index (χ2n) is 4.98. The molecule has 2 aromatic rings. The van der Waals surface area contributed by atoms with E-state index in [1.165, 1.54) is 5.56 Å². The molecule has 2 N–H and O–H groups in total. The van der Waals surface area contributed by atoms with Gasteiger partial charge < -0.3 is 10.4 Å². The molecule has 0 bridgehead atoms. The monoisotopic (exact) mass is 319 g/mol. The Hall–Kier alpha value is -1.32. The van der Waals surface area contributed by atoms with Crippen molar-refractivity contribution in [3.8, 4) is 0 Å². The number of benzene rings is 2. The maximum Gasteiger partial charge on any atom is 0.104 e. The Bertz CT molecular complexity index is 552. The van der Waals surface area contributed by atoms with Crippen molar-refractivity contribution in [2.24, 2.45) is 0 Å². The van der Waals surface area contributed by atoms with Gasteiger partial charge in [-0.05, 0) is 53.0 Å². The van der Waals surface area contributed by atoms with Gasteiger partial charge in [0.1, 0.15) is 5.60 Å². The van der Waals surface area contributed by atoms with Crippen molar-refractivity contribution in [3.63, 3.8) is 0 Å². The van der Waals surface area contributed by atoms with Gasteiger partial charge >= 0.3 is 0 Å². The highest BCUT2D eigenvalue weighted by Gasteiger charge is 2.22. The van der Waals surface area contributed by atoms with Crippen LogP contribution in [0.25, 0.3) is 0 Å². The van der Waals surface area contributed by atoms with E-state index in [9.17, 15) is 5.11 Å². The van der Waals surface area contributed by atoms with E-state index in [0.29, 0.717) is 6.54 Å². The smallest absolute Gasteiger partial charge is 0.104 e. The summed E-state index contributed by atoms with van der Waals surface area (Å²) in [5, 5.41) is 13.8. The van der Waals surface area contributed by atoms with Gasteiger partial charge in [0, 0.05) is 16.7 Å². The first-order valence-electron chi connectivity index (χ1n) is 6.27. The molecular weight excluding hydrogens is 302 g/mol. The Morgan fingerprint density at radius 2 is 1.84 bits per heavy atom. The first-order chi connectivity index (χ1) is 8.99. The van der Waals surface area contributed by atoms with Crippen molar-refractivity contribution < 1.29 is 5.11 Å². The van der Waals surface area contributed by atoms with Gasteiger partial charge in [-0.2, -0.15) is 0 Å². The van der Waals surface area contributed by atoms with Crippen LogP contribution in [0.3, 0.4) is 0 Å². The number of aliphatic hydroxyl groups is 1. The Balaban J connectivity index is 2.09. The van der Waals surface area contributed by atoms with E-state index in [1.54, 1.807) is 0 Å². The van der Waals surface area contributed by atoms with E-state index in [-0.39, 0.29) is 0 Å². The molecule has 19 heavy (non-hydrogen) atoms. The van der Waals surface area contributed by atoms with Crippen molar-refractivity contribution >= 4 is 21.6 Å². The number of hydrogen-bond donors (Lipinski definition) is 2. The summed E-state index contributed by atoms with van der Waals surface area (Å²) >= 11 is 3.53. The van der Waals surface area contributed by atoms with E-state index >= 15 is 0 Å². The summed E-state index contributed by atoms with van der Waals surface area (Å²) in [7, 11) is 0. The fourth-order valence-electron chi connectivity index (χ4n) is 1.93. The van der Waals surface area contributed by atoms with Crippen LogP contribution in [0, 0.1) is 6.92 Å². The van der Waals surface area contributed by atoms with Crippen LogP contribution in [0.1, 0.15) is 18.1 Å². The minimum atomic E-state index is -0.897. The van der Waals surface area contributed by atoms with Crippen molar-refractivity contribution in [2.75, 3.05) is 11.9 Å². The van der Waals surface area contributed by atoms with Crippen LogP contribution in [0.2, 0.25) is 0 Å². The summed E-state index contributed by atoms with van der Waals surface area (Å²) in [4.78, 5) is 0. The zero-order chi connectivity index (χ0) is 13.9. The largest absolute Gasteiger partial charge is 0.384 e. The third-order valence-corrected chi connectivity index (χ3v) is 3.80. The van der Waals surface area contributed by atoms with Crippen LogP contribution in [0.15, 0.2) is 53.0 Å². The Kier molecular flexibility index (Phi) is 4.27. The van der Waals surface area contributed by atoms with Gasteiger partial charge in [0.15, 0.2) is 0 Å². The molecule has 0 radical (unpaired) electrons. The minimum Gasteiger partial charge on any atom is -0.384 e. The molecule has 100 valence electrons. The van der Waals surface area contributed by atoms with Crippen LogP contribution in [-0.4, -0.2) is 11.7 Å². The Morgan fingerprint density at radius 3 is 2.47 bits per heavy atom. The van der Waals surface area contributed by atoms with Gasteiger partial charge in [-0.15, -0.1) is 0 Å². The number of anilines is 1. The minimum absolute atomic E-state index is 0.457. The highest BCUT2D eigenvalue weighted by molar-refractivity contribution is 9.10. The molecule has 2 aromatic carbocycles. The van der Waals surface area contributed by atoms with Crippen molar-refractivity contribution in [2.45, 2.75) is 19.4 Å². The third-order valence-electron chi connectivity index (χ3n) is 3.14. The average molecular weight is 320 g/mol. The maximum atomic E-state index is 10.5. The molecule has 0 fully saturated rings. The maximum absolute atomic E-state index is 10.5. The predicted octanol–water partition coefficient (Wildman–Crippen LogP) is 4.08.